The highest BCUT2D eigenvalue weighted by Crippen LogP contribution is 2.39. The van der Waals surface area contributed by atoms with Gasteiger partial charge in [-0.05, 0) is 29.8 Å². The number of methoxy groups -OCH3 is 1. The Balaban J connectivity index is 1.70. The van der Waals surface area contributed by atoms with Gasteiger partial charge in [0.05, 0.1) is 20.2 Å². The number of carbonyl (C=O) groups excluding carboxylic acids is 1. The SMILES string of the molecule is COc1ccc(CN2C[C@]3(CCN(C(=O)N(C)C)C3)Oc3ccccc3S2(=O)=O)cc1. The maximum Gasteiger partial charge on any atom is 0.319 e. The van der Waals surface area contributed by atoms with Gasteiger partial charge < -0.3 is 19.3 Å². The van der Waals surface area contributed by atoms with Gasteiger partial charge in [-0.3, -0.25) is 0 Å². The van der Waals surface area contributed by atoms with Gasteiger partial charge in [0.2, 0.25) is 10.0 Å². The molecule has 2 aliphatic rings. The largest absolute Gasteiger partial charge is 0.497 e. The lowest BCUT2D eigenvalue weighted by atomic mass is 10.0. The molecule has 0 bridgehead atoms. The van der Waals surface area contributed by atoms with E-state index in [1.165, 1.54) is 9.21 Å². The number of likely N-dealkylation sites (tertiary alicyclic amines) is 1. The van der Waals surface area contributed by atoms with Crippen LogP contribution in [0.4, 0.5) is 4.79 Å². The maximum atomic E-state index is 13.5. The second-order valence-electron chi connectivity index (χ2n) is 8.20. The van der Waals surface area contributed by atoms with Gasteiger partial charge in [-0.2, -0.15) is 4.31 Å². The number of hydrogen-bond donors (Lipinski definition) is 0. The highest BCUT2D eigenvalue weighted by Gasteiger charge is 2.49. The van der Waals surface area contributed by atoms with E-state index in [2.05, 4.69) is 0 Å². The van der Waals surface area contributed by atoms with Crippen molar-refractivity contribution in [2.75, 3.05) is 40.8 Å². The third-order valence-electron chi connectivity index (χ3n) is 5.75. The Bertz CT molecular complexity index is 1070. The molecule has 0 aromatic heterocycles. The maximum absolute atomic E-state index is 13.5. The zero-order valence-corrected chi connectivity index (χ0v) is 18.8. The van der Waals surface area contributed by atoms with Crippen LogP contribution in [-0.4, -0.2) is 75.0 Å². The van der Waals surface area contributed by atoms with Gasteiger partial charge in [0.1, 0.15) is 22.0 Å². The zero-order chi connectivity index (χ0) is 22.2. The summed E-state index contributed by atoms with van der Waals surface area (Å²) in [5.74, 6) is 1.04. The highest BCUT2D eigenvalue weighted by molar-refractivity contribution is 7.89. The van der Waals surface area contributed by atoms with Crippen molar-refractivity contribution in [3.63, 3.8) is 0 Å². The van der Waals surface area contributed by atoms with Gasteiger partial charge in [-0.25, -0.2) is 13.2 Å². The first-order valence-electron chi connectivity index (χ1n) is 10.1. The van der Waals surface area contributed by atoms with Gasteiger partial charge in [0.15, 0.2) is 0 Å². The summed E-state index contributed by atoms with van der Waals surface area (Å²) in [6.45, 7) is 1.20. The Morgan fingerprint density at radius 3 is 2.52 bits per heavy atom. The normalized spacial score (nSPS) is 22.5. The molecule has 1 fully saturated rings. The van der Waals surface area contributed by atoms with Crippen LogP contribution in [0.3, 0.4) is 0 Å². The molecule has 0 unspecified atom stereocenters. The molecule has 1 atom stereocenters. The second kappa shape index (κ2) is 8.05. The predicted molar refractivity (Wildman–Crippen MR) is 116 cm³/mol. The molecule has 2 amide bonds. The van der Waals surface area contributed by atoms with Gasteiger partial charge in [0, 0.05) is 33.6 Å². The first kappa shape index (κ1) is 21.5. The van der Waals surface area contributed by atoms with Crippen molar-refractivity contribution >= 4 is 16.1 Å². The minimum absolute atomic E-state index is 0.109. The number of sulfonamides is 1. The Morgan fingerprint density at radius 1 is 1.13 bits per heavy atom. The quantitative estimate of drug-likeness (QED) is 0.725. The number of urea groups is 1. The molecule has 9 heteroatoms. The molecular weight excluding hydrogens is 418 g/mol. The highest BCUT2D eigenvalue weighted by atomic mass is 32.2. The van der Waals surface area contributed by atoms with E-state index in [0.29, 0.717) is 31.0 Å². The lowest BCUT2D eigenvalue weighted by molar-refractivity contribution is 0.0594. The van der Waals surface area contributed by atoms with Crippen molar-refractivity contribution < 1.29 is 22.7 Å². The molecule has 4 rings (SSSR count). The molecule has 0 aliphatic carbocycles. The van der Waals surface area contributed by atoms with E-state index in [9.17, 15) is 13.2 Å². The van der Waals surface area contributed by atoms with E-state index in [4.69, 9.17) is 9.47 Å². The summed E-state index contributed by atoms with van der Waals surface area (Å²) in [4.78, 5) is 15.9. The molecule has 1 saturated heterocycles. The lowest BCUT2D eigenvalue weighted by Crippen LogP contribution is -2.50. The van der Waals surface area contributed by atoms with Crippen molar-refractivity contribution in [1.29, 1.82) is 0 Å². The Labute approximate surface area is 183 Å². The van der Waals surface area contributed by atoms with Crippen molar-refractivity contribution in [3.8, 4) is 11.5 Å². The summed E-state index contributed by atoms with van der Waals surface area (Å²) in [6.07, 6.45) is 0.551. The fourth-order valence-corrected chi connectivity index (χ4v) is 5.75. The lowest BCUT2D eigenvalue weighted by Gasteiger charge is -2.32. The Kier molecular flexibility index (Phi) is 5.57. The van der Waals surface area contributed by atoms with E-state index in [-0.39, 0.29) is 24.0 Å². The van der Waals surface area contributed by atoms with E-state index >= 15 is 0 Å². The molecule has 1 spiro atoms. The van der Waals surface area contributed by atoms with Gasteiger partial charge >= 0.3 is 6.03 Å². The first-order chi connectivity index (χ1) is 14.7. The average Bonchev–Trinajstić information content (AvgIpc) is 3.13. The van der Waals surface area contributed by atoms with Crippen molar-refractivity contribution in [1.82, 2.24) is 14.1 Å². The van der Waals surface area contributed by atoms with Gasteiger partial charge in [-0.15, -0.1) is 0 Å². The fourth-order valence-electron chi connectivity index (χ4n) is 4.14. The van der Waals surface area contributed by atoms with E-state index in [1.807, 2.05) is 24.3 Å². The van der Waals surface area contributed by atoms with Crippen LogP contribution in [0.25, 0.3) is 0 Å². The van der Waals surface area contributed by atoms with Crippen molar-refractivity contribution in [3.05, 3.63) is 54.1 Å². The number of ether oxygens (including phenoxy) is 2. The van der Waals surface area contributed by atoms with Crippen LogP contribution in [0.15, 0.2) is 53.4 Å². The number of nitrogens with zero attached hydrogens (tertiary/aromatic N) is 3. The van der Waals surface area contributed by atoms with Crippen LogP contribution >= 0.6 is 0 Å². The molecule has 31 heavy (non-hydrogen) atoms. The molecule has 0 N–H and O–H groups in total. The molecule has 2 aromatic rings. The van der Waals surface area contributed by atoms with Crippen LogP contribution in [0.2, 0.25) is 0 Å². The molecule has 2 aliphatic heterocycles. The van der Waals surface area contributed by atoms with E-state index in [0.717, 1.165) is 5.56 Å². The molecule has 0 saturated carbocycles. The number of amides is 2. The Morgan fingerprint density at radius 2 is 1.84 bits per heavy atom. The fraction of sp³-hybridized carbons (Fsp3) is 0.409. The zero-order valence-electron chi connectivity index (χ0n) is 17.9. The summed E-state index contributed by atoms with van der Waals surface area (Å²) in [6, 6.07) is 13.9. The first-order valence-corrected chi connectivity index (χ1v) is 11.6. The van der Waals surface area contributed by atoms with Crippen molar-refractivity contribution in [2.24, 2.45) is 0 Å². The van der Waals surface area contributed by atoms with E-state index in [1.54, 1.807) is 50.4 Å². The van der Waals surface area contributed by atoms with Gasteiger partial charge in [0.25, 0.3) is 0 Å². The molecule has 2 heterocycles. The molecular formula is C22H27N3O5S. The molecule has 8 nitrogen and oxygen atoms in total. The van der Waals surface area contributed by atoms with Crippen LogP contribution in [0.5, 0.6) is 11.5 Å². The number of carbonyl (C=O) groups is 1. The standard InChI is InChI=1S/C22H27N3O5S/c1-23(2)21(26)24-13-12-22(15-24)16-25(14-17-8-10-18(29-3)11-9-17)31(27,28)20-7-5-4-6-19(20)30-22/h4-11H,12-16H2,1-3H3/t22-/m1/s1. The van der Waals surface area contributed by atoms with E-state index < -0.39 is 15.6 Å². The molecule has 166 valence electrons. The summed E-state index contributed by atoms with van der Waals surface area (Å²) in [5, 5.41) is 0. The number of fused-ring (bicyclic) bond motifs is 1. The number of benzene rings is 2. The summed E-state index contributed by atoms with van der Waals surface area (Å²) in [5.41, 5.74) is 0.0378. The van der Waals surface area contributed by atoms with Crippen LogP contribution in [-0.2, 0) is 16.6 Å². The third kappa shape index (κ3) is 4.07. The van der Waals surface area contributed by atoms with Crippen molar-refractivity contribution in [2.45, 2.75) is 23.5 Å². The minimum atomic E-state index is -3.79. The number of hydrogen-bond acceptors (Lipinski definition) is 5. The third-order valence-corrected chi connectivity index (χ3v) is 7.58. The van der Waals surface area contributed by atoms with Crippen LogP contribution in [0, 0.1) is 0 Å². The average molecular weight is 446 g/mol. The molecule has 2 aromatic carbocycles. The summed E-state index contributed by atoms with van der Waals surface area (Å²) >= 11 is 0. The summed E-state index contributed by atoms with van der Waals surface area (Å²) < 4.78 is 40.1. The minimum Gasteiger partial charge on any atom is -0.497 e. The number of rotatable bonds is 3. The number of para-hydroxylation sites is 1. The van der Waals surface area contributed by atoms with Crippen LogP contribution in [0.1, 0.15) is 12.0 Å². The van der Waals surface area contributed by atoms with Gasteiger partial charge in [-0.1, -0.05) is 24.3 Å². The Hall–Kier alpha value is -2.78. The smallest absolute Gasteiger partial charge is 0.319 e. The second-order valence-corrected chi connectivity index (χ2v) is 10.1. The van der Waals surface area contributed by atoms with Crippen LogP contribution < -0.4 is 9.47 Å². The monoisotopic (exact) mass is 445 g/mol. The topological polar surface area (TPSA) is 79.4 Å². The summed E-state index contributed by atoms with van der Waals surface area (Å²) in [7, 11) is 1.21. The predicted octanol–water partition coefficient (Wildman–Crippen LogP) is 2.40. The molecule has 0 radical (unpaired) electrons.